The molecule has 1 heterocycles. The minimum Gasteiger partial charge on any atom is -0.378 e. The highest BCUT2D eigenvalue weighted by Gasteiger charge is 2.41. The maximum atomic E-state index is 12.2. The minimum atomic E-state index is -4.64. The van der Waals surface area contributed by atoms with Gasteiger partial charge >= 0.3 is 6.18 Å². The summed E-state index contributed by atoms with van der Waals surface area (Å²) in [4.78, 5) is 0. The molecule has 3 nitrogen and oxygen atoms in total. The molecule has 0 aromatic carbocycles. The molecule has 0 aliphatic carbocycles. The summed E-state index contributed by atoms with van der Waals surface area (Å²) in [5, 5.41) is 12.8. The van der Waals surface area contributed by atoms with Crippen LogP contribution >= 0.6 is 0 Å². The van der Waals surface area contributed by atoms with E-state index >= 15 is 0 Å². The lowest BCUT2D eigenvalue weighted by Crippen LogP contribution is -2.24. The predicted octanol–water partition coefficient (Wildman–Crippen LogP) is 2.13. The molecule has 1 aromatic rings. The van der Waals surface area contributed by atoms with Crippen LogP contribution in [0.3, 0.4) is 0 Å². The van der Waals surface area contributed by atoms with Crippen LogP contribution in [-0.2, 0) is 6.54 Å². The Morgan fingerprint density at radius 3 is 2.53 bits per heavy atom. The zero-order valence-electron chi connectivity index (χ0n) is 8.49. The van der Waals surface area contributed by atoms with E-state index in [1.54, 1.807) is 0 Å². The molecule has 1 N–H and O–H groups in total. The van der Waals surface area contributed by atoms with Gasteiger partial charge in [-0.1, -0.05) is 13.8 Å². The molecule has 6 heteroatoms. The maximum Gasteiger partial charge on any atom is 0.420 e. The van der Waals surface area contributed by atoms with Gasteiger partial charge in [0.05, 0.1) is 5.69 Å². The van der Waals surface area contributed by atoms with Crippen molar-refractivity contribution in [3.8, 4) is 0 Å². The van der Waals surface area contributed by atoms with Gasteiger partial charge in [-0.25, -0.2) is 0 Å². The number of alkyl halides is 3. The van der Waals surface area contributed by atoms with Crippen molar-refractivity contribution in [2.24, 2.45) is 5.92 Å². The number of aromatic nitrogens is 2. The lowest BCUT2D eigenvalue weighted by molar-refractivity contribution is -0.209. The van der Waals surface area contributed by atoms with Crippen molar-refractivity contribution in [2.75, 3.05) is 0 Å². The number of hydrogen-bond acceptors (Lipinski definition) is 2. The second-order valence-electron chi connectivity index (χ2n) is 3.78. The molecule has 0 saturated heterocycles. The Bertz CT molecular complexity index is 319. The Hall–Kier alpha value is -1.04. The first-order valence-corrected chi connectivity index (χ1v) is 4.59. The van der Waals surface area contributed by atoms with Crippen LogP contribution < -0.4 is 0 Å². The highest BCUT2D eigenvalue weighted by Crippen LogP contribution is 2.32. The lowest BCUT2D eigenvalue weighted by Gasteiger charge is -2.17. The van der Waals surface area contributed by atoms with Gasteiger partial charge in [-0.3, -0.25) is 4.68 Å². The van der Waals surface area contributed by atoms with Crippen LogP contribution in [0.15, 0.2) is 12.3 Å². The first kappa shape index (κ1) is 12.0. The predicted molar refractivity (Wildman–Crippen MR) is 48.1 cm³/mol. The molecule has 1 rings (SSSR count). The lowest BCUT2D eigenvalue weighted by atomic mass is 10.2. The summed E-state index contributed by atoms with van der Waals surface area (Å²) in [5.74, 6) is 0.170. The zero-order chi connectivity index (χ0) is 11.6. The van der Waals surface area contributed by atoms with E-state index in [4.69, 9.17) is 5.11 Å². The van der Waals surface area contributed by atoms with Crippen LogP contribution in [0, 0.1) is 5.92 Å². The quantitative estimate of drug-likeness (QED) is 0.850. The van der Waals surface area contributed by atoms with Crippen LogP contribution in [0.25, 0.3) is 0 Å². The van der Waals surface area contributed by atoms with Crippen molar-refractivity contribution < 1.29 is 18.3 Å². The molecule has 0 unspecified atom stereocenters. The standard InChI is InChI=1S/C9H13F3N2O/c1-6(2)5-14-7(3-4-13-14)8(15)9(10,11)12/h3-4,6,8,15H,5H2,1-2H3/t8-/m0/s1. The Labute approximate surface area is 85.5 Å². The minimum absolute atomic E-state index is 0.170. The van der Waals surface area contributed by atoms with E-state index < -0.39 is 12.3 Å². The molecular formula is C9H13F3N2O. The number of aliphatic hydroxyl groups is 1. The topological polar surface area (TPSA) is 38.0 Å². The molecule has 0 aliphatic heterocycles. The molecule has 1 aromatic heterocycles. The van der Waals surface area contributed by atoms with Crippen molar-refractivity contribution >= 4 is 0 Å². The molecule has 0 aliphatic rings. The fourth-order valence-corrected chi connectivity index (χ4v) is 1.24. The highest BCUT2D eigenvalue weighted by molar-refractivity contribution is 5.06. The third kappa shape index (κ3) is 2.95. The van der Waals surface area contributed by atoms with Crippen molar-refractivity contribution in [3.05, 3.63) is 18.0 Å². The van der Waals surface area contributed by atoms with E-state index in [1.807, 2.05) is 13.8 Å². The Morgan fingerprint density at radius 1 is 1.47 bits per heavy atom. The first-order chi connectivity index (χ1) is 6.82. The number of nitrogens with zero attached hydrogens (tertiary/aromatic N) is 2. The van der Waals surface area contributed by atoms with Gasteiger partial charge in [0.2, 0.25) is 0 Å². The highest BCUT2D eigenvalue weighted by atomic mass is 19.4. The number of rotatable bonds is 3. The summed E-state index contributed by atoms with van der Waals surface area (Å²) in [6.07, 6.45) is -5.85. The van der Waals surface area contributed by atoms with Crippen LogP contribution in [0.2, 0.25) is 0 Å². The van der Waals surface area contributed by atoms with Gasteiger partial charge in [-0.15, -0.1) is 0 Å². The van der Waals surface area contributed by atoms with Crippen molar-refractivity contribution in [2.45, 2.75) is 32.7 Å². The van der Waals surface area contributed by atoms with Gasteiger partial charge in [0.25, 0.3) is 0 Å². The summed E-state index contributed by atoms with van der Waals surface area (Å²) in [5.41, 5.74) is -0.212. The van der Waals surface area contributed by atoms with E-state index in [0.717, 1.165) is 0 Å². The van der Waals surface area contributed by atoms with Crippen molar-refractivity contribution in [1.29, 1.82) is 0 Å². The van der Waals surface area contributed by atoms with Gasteiger partial charge in [0.1, 0.15) is 0 Å². The smallest absolute Gasteiger partial charge is 0.378 e. The van der Waals surface area contributed by atoms with Crippen LogP contribution in [0.5, 0.6) is 0 Å². The van der Waals surface area contributed by atoms with E-state index in [-0.39, 0.29) is 11.6 Å². The van der Waals surface area contributed by atoms with Crippen LogP contribution in [0.1, 0.15) is 25.6 Å². The monoisotopic (exact) mass is 222 g/mol. The number of halogens is 3. The number of aliphatic hydroxyl groups excluding tert-OH is 1. The summed E-state index contributed by atoms with van der Waals surface area (Å²) >= 11 is 0. The van der Waals surface area contributed by atoms with E-state index in [1.165, 1.54) is 16.9 Å². The molecule has 15 heavy (non-hydrogen) atoms. The molecule has 0 spiro atoms. The van der Waals surface area contributed by atoms with Crippen molar-refractivity contribution in [3.63, 3.8) is 0 Å². The fourth-order valence-electron chi connectivity index (χ4n) is 1.24. The molecule has 0 radical (unpaired) electrons. The SMILES string of the molecule is CC(C)Cn1nccc1[C@H](O)C(F)(F)F. The van der Waals surface area contributed by atoms with Crippen LogP contribution in [-0.4, -0.2) is 21.1 Å². The van der Waals surface area contributed by atoms with E-state index in [9.17, 15) is 13.2 Å². The molecule has 0 fully saturated rings. The van der Waals surface area contributed by atoms with E-state index in [0.29, 0.717) is 6.54 Å². The van der Waals surface area contributed by atoms with E-state index in [2.05, 4.69) is 5.10 Å². The Kier molecular flexibility index (Phi) is 3.38. The van der Waals surface area contributed by atoms with Gasteiger partial charge in [0.15, 0.2) is 6.10 Å². The fraction of sp³-hybridized carbons (Fsp3) is 0.667. The average Bonchev–Trinajstić information content (AvgIpc) is 2.48. The summed E-state index contributed by atoms with van der Waals surface area (Å²) < 4.78 is 37.9. The van der Waals surface area contributed by atoms with Gasteiger partial charge < -0.3 is 5.11 Å². The van der Waals surface area contributed by atoms with Crippen molar-refractivity contribution in [1.82, 2.24) is 9.78 Å². The van der Waals surface area contributed by atoms with Crippen LogP contribution in [0.4, 0.5) is 13.2 Å². The van der Waals surface area contributed by atoms with Gasteiger partial charge in [-0.05, 0) is 12.0 Å². The molecule has 1 atom stereocenters. The molecule has 0 bridgehead atoms. The largest absolute Gasteiger partial charge is 0.420 e. The second-order valence-corrected chi connectivity index (χ2v) is 3.78. The summed E-state index contributed by atoms with van der Waals surface area (Å²) in [7, 11) is 0. The third-order valence-electron chi connectivity index (χ3n) is 1.88. The first-order valence-electron chi connectivity index (χ1n) is 4.59. The third-order valence-corrected chi connectivity index (χ3v) is 1.88. The summed E-state index contributed by atoms with van der Waals surface area (Å²) in [6, 6.07) is 1.18. The molecular weight excluding hydrogens is 209 g/mol. The maximum absolute atomic E-state index is 12.2. The summed E-state index contributed by atoms with van der Waals surface area (Å²) in [6.45, 7) is 4.09. The Morgan fingerprint density at radius 2 is 2.07 bits per heavy atom. The average molecular weight is 222 g/mol. The second kappa shape index (κ2) is 4.22. The molecule has 86 valence electrons. The molecule has 0 saturated carbocycles. The Balaban J connectivity index is 2.90. The number of hydrogen-bond donors (Lipinski definition) is 1. The van der Waals surface area contributed by atoms with Gasteiger partial charge in [-0.2, -0.15) is 18.3 Å². The molecule has 0 amide bonds. The normalized spacial score (nSPS) is 14.6. The zero-order valence-corrected chi connectivity index (χ0v) is 8.49. The van der Waals surface area contributed by atoms with Gasteiger partial charge in [0, 0.05) is 12.7 Å².